The van der Waals surface area contributed by atoms with Crippen molar-refractivity contribution in [3.05, 3.63) is 83.4 Å². The molecule has 3 aliphatic rings. The highest BCUT2D eigenvalue weighted by molar-refractivity contribution is 6.05. The van der Waals surface area contributed by atoms with Gasteiger partial charge in [-0.3, -0.25) is 29.5 Å². The van der Waals surface area contributed by atoms with Crippen molar-refractivity contribution in [2.75, 3.05) is 13.2 Å². The number of carbonyl (C=O) groups is 4. The molecule has 9 nitrogen and oxygen atoms in total. The third-order valence-electron chi connectivity index (χ3n) is 7.99. The van der Waals surface area contributed by atoms with Crippen molar-refractivity contribution >= 4 is 23.6 Å². The summed E-state index contributed by atoms with van der Waals surface area (Å²) in [4.78, 5) is 57.9. The number of benzene rings is 2. The summed E-state index contributed by atoms with van der Waals surface area (Å²) in [6.07, 6.45) is 4.81. The van der Waals surface area contributed by atoms with E-state index in [1.54, 1.807) is 36.5 Å². The van der Waals surface area contributed by atoms with Crippen LogP contribution in [0.4, 0.5) is 4.39 Å². The number of nitrogens with one attached hydrogen (secondary N) is 1. The van der Waals surface area contributed by atoms with E-state index < -0.39 is 11.9 Å². The summed E-state index contributed by atoms with van der Waals surface area (Å²) in [5, 5.41) is 2.31. The first-order valence-electron chi connectivity index (χ1n) is 13.8. The molecule has 4 amide bonds. The molecule has 3 aliphatic heterocycles. The lowest BCUT2D eigenvalue weighted by molar-refractivity contribution is -0.136. The summed E-state index contributed by atoms with van der Waals surface area (Å²) in [5.41, 5.74) is 3.24. The number of pyridine rings is 1. The molecule has 3 aromatic rings. The van der Waals surface area contributed by atoms with Crippen LogP contribution in [-0.2, 0) is 16.1 Å². The van der Waals surface area contributed by atoms with E-state index in [4.69, 9.17) is 4.74 Å². The molecule has 210 valence electrons. The third kappa shape index (κ3) is 5.41. The monoisotopic (exact) mass is 556 g/mol. The Bertz CT molecular complexity index is 1510. The maximum absolute atomic E-state index is 13.4. The molecular formula is C31H29FN4O5. The molecule has 0 bridgehead atoms. The summed E-state index contributed by atoms with van der Waals surface area (Å²) in [6, 6.07) is 14.1. The van der Waals surface area contributed by atoms with Gasteiger partial charge in [0.2, 0.25) is 11.8 Å². The first kappa shape index (κ1) is 26.6. The summed E-state index contributed by atoms with van der Waals surface area (Å²) < 4.78 is 19.4. The first-order valence-corrected chi connectivity index (χ1v) is 13.8. The second kappa shape index (κ2) is 11.1. The number of aromatic nitrogens is 1. The maximum atomic E-state index is 13.4. The number of likely N-dealkylation sites (tertiary alicyclic amines) is 1. The van der Waals surface area contributed by atoms with Crippen LogP contribution in [0.15, 0.2) is 60.8 Å². The van der Waals surface area contributed by atoms with Gasteiger partial charge in [-0.05, 0) is 73.2 Å². The van der Waals surface area contributed by atoms with Crippen LogP contribution in [0.2, 0.25) is 0 Å². The number of rotatable bonds is 6. The van der Waals surface area contributed by atoms with Gasteiger partial charge in [-0.25, -0.2) is 4.39 Å². The number of amides is 4. The smallest absolute Gasteiger partial charge is 0.272 e. The minimum absolute atomic E-state index is 0.135. The average Bonchev–Trinajstić information content (AvgIpc) is 3.31. The van der Waals surface area contributed by atoms with Crippen LogP contribution >= 0.6 is 0 Å². The standard InChI is InChI=1S/C31H29FN4O5/c32-22-7-4-19(5-8-22)20-6-11-26(33-16-20)31(40)35-14-2-1-3-23(35)18-41-24-9-10-25-21(15-24)17-36(30(25)39)27-12-13-28(37)34-29(27)38/h4-11,15-16,23,27H,1-3,12-14,17-18H2,(H,34,37,38)/t23-,27?/m1/s1. The van der Waals surface area contributed by atoms with Gasteiger partial charge in [-0.15, -0.1) is 0 Å². The molecule has 10 heteroatoms. The number of halogens is 1. The van der Waals surface area contributed by atoms with Gasteiger partial charge < -0.3 is 14.5 Å². The molecular weight excluding hydrogens is 527 g/mol. The average molecular weight is 557 g/mol. The fraction of sp³-hybridized carbons (Fsp3) is 0.323. The number of imide groups is 1. The number of fused-ring (bicyclic) bond motifs is 1. The van der Waals surface area contributed by atoms with Crippen molar-refractivity contribution in [3.63, 3.8) is 0 Å². The van der Waals surface area contributed by atoms with Crippen LogP contribution in [0, 0.1) is 5.82 Å². The van der Waals surface area contributed by atoms with Gasteiger partial charge in [0, 0.05) is 36.8 Å². The van der Waals surface area contributed by atoms with Crippen molar-refractivity contribution < 1.29 is 28.3 Å². The number of piperidine rings is 2. The molecule has 0 aliphatic carbocycles. The number of ether oxygens (including phenoxy) is 1. The van der Waals surface area contributed by atoms with Gasteiger partial charge in [-0.1, -0.05) is 18.2 Å². The van der Waals surface area contributed by atoms with E-state index >= 15 is 0 Å². The fourth-order valence-electron chi connectivity index (χ4n) is 5.75. The molecule has 1 aromatic heterocycles. The first-order chi connectivity index (χ1) is 19.9. The lowest BCUT2D eigenvalue weighted by atomic mass is 10.0. The molecule has 2 fully saturated rings. The third-order valence-corrected chi connectivity index (χ3v) is 7.99. The van der Waals surface area contributed by atoms with Gasteiger partial charge in [0.1, 0.15) is 29.9 Å². The Morgan fingerprint density at radius 2 is 1.80 bits per heavy atom. The van der Waals surface area contributed by atoms with E-state index in [9.17, 15) is 23.6 Å². The van der Waals surface area contributed by atoms with Crippen LogP contribution in [0.25, 0.3) is 11.1 Å². The Kier molecular flexibility index (Phi) is 7.21. The van der Waals surface area contributed by atoms with Gasteiger partial charge >= 0.3 is 0 Å². The molecule has 41 heavy (non-hydrogen) atoms. The lowest BCUT2D eigenvalue weighted by Crippen LogP contribution is -2.52. The van der Waals surface area contributed by atoms with E-state index in [0.717, 1.165) is 36.0 Å². The van der Waals surface area contributed by atoms with Crippen molar-refractivity contribution in [3.8, 4) is 16.9 Å². The SMILES string of the molecule is O=C1CCC(N2Cc3cc(OC[C@H]4CCCCN4C(=O)c4ccc(-c5ccc(F)cc5)cn4)ccc3C2=O)C(=O)N1. The molecule has 2 atom stereocenters. The van der Waals surface area contributed by atoms with Crippen molar-refractivity contribution in [1.82, 2.24) is 20.1 Å². The second-order valence-corrected chi connectivity index (χ2v) is 10.6. The van der Waals surface area contributed by atoms with Crippen LogP contribution in [0.3, 0.4) is 0 Å². The van der Waals surface area contributed by atoms with Crippen molar-refractivity contribution in [2.45, 2.75) is 50.7 Å². The number of hydrogen-bond acceptors (Lipinski definition) is 6. The van der Waals surface area contributed by atoms with E-state index in [1.807, 2.05) is 17.0 Å². The number of nitrogens with zero attached hydrogens (tertiary/aromatic N) is 3. The van der Waals surface area contributed by atoms with Crippen LogP contribution < -0.4 is 10.1 Å². The highest BCUT2D eigenvalue weighted by Gasteiger charge is 2.39. The second-order valence-electron chi connectivity index (χ2n) is 10.6. The molecule has 6 rings (SSSR count). The normalized spacial score (nSPS) is 20.6. The Morgan fingerprint density at radius 3 is 2.56 bits per heavy atom. The van der Waals surface area contributed by atoms with Crippen LogP contribution in [-0.4, -0.2) is 63.6 Å². The molecule has 4 heterocycles. The van der Waals surface area contributed by atoms with E-state index in [1.165, 1.54) is 17.0 Å². The summed E-state index contributed by atoms with van der Waals surface area (Å²) in [5.74, 6) is -0.887. The lowest BCUT2D eigenvalue weighted by Gasteiger charge is -2.35. The van der Waals surface area contributed by atoms with Crippen LogP contribution in [0.1, 0.15) is 58.5 Å². The summed E-state index contributed by atoms with van der Waals surface area (Å²) >= 11 is 0. The number of hydrogen-bond donors (Lipinski definition) is 1. The van der Waals surface area contributed by atoms with Crippen molar-refractivity contribution in [2.24, 2.45) is 0 Å². The predicted molar refractivity (Wildman–Crippen MR) is 146 cm³/mol. The largest absolute Gasteiger partial charge is 0.491 e. The minimum Gasteiger partial charge on any atom is -0.491 e. The van der Waals surface area contributed by atoms with Gasteiger partial charge in [0.25, 0.3) is 11.8 Å². The molecule has 2 aromatic carbocycles. The van der Waals surface area contributed by atoms with E-state index in [-0.39, 0.29) is 42.5 Å². The van der Waals surface area contributed by atoms with Gasteiger partial charge in [-0.2, -0.15) is 0 Å². The quantitative estimate of drug-likeness (QED) is 0.464. The highest BCUT2D eigenvalue weighted by atomic mass is 19.1. The molecule has 2 saturated heterocycles. The topological polar surface area (TPSA) is 109 Å². The van der Waals surface area contributed by atoms with E-state index in [0.29, 0.717) is 36.6 Å². The summed E-state index contributed by atoms with van der Waals surface area (Å²) in [7, 11) is 0. The zero-order chi connectivity index (χ0) is 28.5. The van der Waals surface area contributed by atoms with Crippen molar-refractivity contribution in [1.29, 1.82) is 0 Å². The summed E-state index contributed by atoms with van der Waals surface area (Å²) in [6.45, 7) is 1.17. The molecule has 1 N–H and O–H groups in total. The van der Waals surface area contributed by atoms with Gasteiger partial charge in [0.15, 0.2) is 0 Å². The molecule has 0 radical (unpaired) electrons. The molecule has 0 spiro atoms. The zero-order valence-electron chi connectivity index (χ0n) is 22.3. The molecule has 0 saturated carbocycles. The zero-order valence-corrected chi connectivity index (χ0v) is 22.3. The maximum Gasteiger partial charge on any atom is 0.272 e. The Labute approximate surface area is 236 Å². The Morgan fingerprint density at radius 1 is 1.00 bits per heavy atom. The Hall–Kier alpha value is -4.60. The minimum atomic E-state index is -0.669. The number of carbonyl (C=O) groups excluding carboxylic acids is 4. The predicted octanol–water partition coefficient (Wildman–Crippen LogP) is 3.72. The Balaban J connectivity index is 1.10. The molecule has 1 unspecified atom stereocenters. The van der Waals surface area contributed by atoms with Crippen LogP contribution in [0.5, 0.6) is 5.75 Å². The van der Waals surface area contributed by atoms with E-state index in [2.05, 4.69) is 10.3 Å². The fourth-order valence-corrected chi connectivity index (χ4v) is 5.75. The van der Waals surface area contributed by atoms with Gasteiger partial charge in [0.05, 0.1) is 6.04 Å². The highest BCUT2D eigenvalue weighted by Crippen LogP contribution is 2.31.